The highest BCUT2D eigenvalue weighted by molar-refractivity contribution is 8.00. The number of carboxylic acid groups (broad SMARTS) is 1. The van der Waals surface area contributed by atoms with Crippen molar-refractivity contribution in [3.8, 4) is 0 Å². The van der Waals surface area contributed by atoms with E-state index in [1.807, 2.05) is 11.8 Å². The first-order chi connectivity index (χ1) is 7.25. The van der Waals surface area contributed by atoms with Gasteiger partial charge in [-0.3, -0.25) is 4.79 Å². The van der Waals surface area contributed by atoms with E-state index < -0.39 is 5.97 Å². The van der Waals surface area contributed by atoms with E-state index in [0.29, 0.717) is 16.3 Å². The third-order valence-electron chi connectivity index (χ3n) is 1.96. The van der Waals surface area contributed by atoms with E-state index in [1.165, 1.54) is 6.42 Å². The minimum absolute atomic E-state index is 0.0422. The fourth-order valence-electron chi connectivity index (χ4n) is 1.31. The number of nitrogens with zero attached hydrogens (tertiary/aromatic N) is 2. The first-order valence-corrected chi connectivity index (χ1v) is 6.59. The van der Waals surface area contributed by atoms with Gasteiger partial charge in [0.25, 0.3) is 5.22 Å². The Balaban J connectivity index is 1.94. The zero-order chi connectivity index (χ0) is 10.7. The molecule has 82 valence electrons. The molecule has 0 aliphatic carbocycles. The Bertz CT molecular complexity index is 349. The number of carboxylic acids is 1. The Hall–Kier alpha value is -0.690. The Kier molecular flexibility index (Phi) is 3.53. The molecule has 0 saturated carbocycles. The molecule has 1 N–H and O–H groups in total. The molecule has 1 saturated heterocycles. The molecular formula is C8H10N2O3S2. The summed E-state index contributed by atoms with van der Waals surface area (Å²) in [7, 11) is 0. The Morgan fingerprint density at radius 3 is 3.27 bits per heavy atom. The Labute approximate surface area is 95.0 Å². The van der Waals surface area contributed by atoms with Gasteiger partial charge in [0.1, 0.15) is 5.75 Å². The summed E-state index contributed by atoms with van der Waals surface area (Å²) >= 11 is 2.88. The standard InChI is InChI=1S/C8H10N2O3S2/c11-6(12)4-15-8-9-7(10-13-8)5-2-1-3-14-5/h5H,1-4H2,(H,11,12). The van der Waals surface area contributed by atoms with E-state index in [0.717, 1.165) is 23.9 Å². The van der Waals surface area contributed by atoms with Crippen LogP contribution in [0.2, 0.25) is 0 Å². The van der Waals surface area contributed by atoms with E-state index in [9.17, 15) is 4.79 Å². The topological polar surface area (TPSA) is 76.2 Å². The van der Waals surface area contributed by atoms with Crippen LogP contribution >= 0.6 is 23.5 Å². The Morgan fingerprint density at radius 1 is 1.73 bits per heavy atom. The smallest absolute Gasteiger partial charge is 0.314 e. The van der Waals surface area contributed by atoms with Gasteiger partial charge in [-0.2, -0.15) is 16.7 Å². The van der Waals surface area contributed by atoms with Crippen LogP contribution in [0.25, 0.3) is 0 Å². The maximum absolute atomic E-state index is 10.3. The van der Waals surface area contributed by atoms with Crippen LogP contribution in [0.1, 0.15) is 23.9 Å². The predicted octanol–water partition coefficient (Wildman–Crippen LogP) is 1.81. The molecule has 1 aliphatic heterocycles. The van der Waals surface area contributed by atoms with Crippen LogP contribution < -0.4 is 0 Å². The second-order valence-electron chi connectivity index (χ2n) is 3.10. The molecule has 2 heterocycles. The summed E-state index contributed by atoms with van der Waals surface area (Å²) in [5.41, 5.74) is 0. The lowest BCUT2D eigenvalue weighted by atomic mass is 10.2. The van der Waals surface area contributed by atoms with E-state index in [2.05, 4.69) is 10.1 Å². The fourth-order valence-corrected chi connectivity index (χ4v) is 3.01. The van der Waals surface area contributed by atoms with Gasteiger partial charge in [0.15, 0.2) is 5.82 Å². The van der Waals surface area contributed by atoms with Crippen LogP contribution in [-0.4, -0.2) is 32.7 Å². The summed E-state index contributed by atoms with van der Waals surface area (Å²) in [4.78, 5) is 14.5. The molecule has 7 heteroatoms. The lowest BCUT2D eigenvalue weighted by molar-refractivity contribution is -0.133. The van der Waals surface area contributed by atoms with Crippen LogP contribution in [0.4, 0.5) is 0 Å². The molecule has 1 aliphatic rings. The zero-order valence-corrected chi connectivity index (χ0v) is 9.51. The third-order valence-corrected chi connectivity index (χ3v) is 4.14. The fraction of sp³-hybridized carbons (Fsp3) is 0.625. The van der Waals surface area contributed by atoms with E-state index in [-0.39, 0.29) is 5.75 Å². The maximum atomic E-state index is 10.3. The van der Waals surface area contributed by atoms with E-state index in [1.54, 1.807) is 0 Å². The number of thioether (sulfide) groups is 2. The summed E-state index contributed by atoms with van der Waals surface area (Å²) in [5.74, 6) is 0.913. The van der Waals surface area contributed by atoms with Gasteiger partial charge in [0.2, 0.25) is 0 Å². The van der Waals surface area contributed by atoms with Crippen LogP contribution in [0.15, 0.2) is 9.75 Å². The molecule has 1 fully saturated rings. The molecule has 0 bridgehead atoms. The molecule has 2 rings (SSSR count). The molecule has 0 amide bonds. The van der Waals surface area contributed by atoms with Crippen molar-refractivity contribution in [2.45, 2.75) is 23.3 Å². The zero-order valence-electron chi connectivity index (χ0n) is 7.88. The van der Waals surface area contributed by atoms with Gasteiger partial charge in [-0.05, 0) is 18.6 Å². The lowest BCUT2D eigenvalue weighted by Crippen LogP contribution is -1.97. The third kappa shape index (κ3) is 2.88. The van der Waals surface area contributed by atoms with Crippen molar-refractivity contribution in [3.05, 3.63) is 5.82 Å². The molecular weight excluding hydrogens is 236 g/mol. The van der Waals surface area contributed by atoms with E-state index in [4.69, 9.17) is 9.63 Å². The molecule has 5 nitrogen and oxygen atoms in total. The summed E-state index contributed by atoms with van der Waals surface area (Å²) in [6.45, 7) is 0. The molecule has 0 aromatic carbocycles. The molecule has 1 unspecified atom stereocenters. The van der Waals surface area contributed by atoms with Crippen molar-refractivity contribution in [2.24, 2.45) is 0 Å². The lowest BCUT2D eigenvalue weighted by Gasteiger charge is -1.98. The minimum atomic E-state index is -0.880. The van der Waals surface area contributed by atoms with Crippen molar-refractivity contribution >= 4 is 29.5 Å². The number of hydrogen-bond acceptors (Lipinski definition) is 6. The highest BCUT2D eigenvalue weighted by Crippen LogP contribution is 2.38. The highest BCUT2D eigenvalue weighted by Gasteiger charge is 2.23. The average molecular weight is 246 g/mol. The van der Waals surface area contributed by atoms with Crippen LogP contribution in [0.3, 0.4) is 0 Å². The van der Waals surface area contributed by atoms with Crippen LogP contribution in [-0.2, 0) is 4.79 Å². The van der Waals surface area contributed by atoms with Crippen molar-refractivity contribution in [1.82, 2.24) is 10.1 Å². The molecule has 1 aromatic heterocycles. The van der Waals surface area contributed by atoms with Crippen molar-refractivity contribution in [3.63, 3.8) is 0 Å². The summed E-state index contributed by atoms with van der Waals surface area (Å²) < 4.78 is 4.95. The quantitative estimate of drug-likeness (QED) is 0.812. The first kappa shape index (κ1) is 10.8. The Morgan fingerprint density at radius 2 is 2.60 bits per heavy atom. The van der Waals surface area contributed by atoms with Gasteiger partial charge in [-0.25, -0.2) is 0 Å². The van der Waals surface area contributed by atoms with Gasteiger partial charge >= 0.3 is 5.97 Å². The van der Waals surface area contributed by atoms with Crippen LogP contribution in [0.5, 0.6) is 0 Å². The van der Waals surface area contributed by atoms with Crippen molar-refractivity contribution < 1.29 is 14.4 Å². The number of carbonyl (C=O) groups is 1. The van der Waals surface area contributed by atoms with Gasteiger partial charge < -0.3 is 9.63 Å². The number of aliphatic carboxylic acids is 1. The minimum Gasteiger partial charge on any atom is -0.481 e. The second-order valence-corrected chi connectivity index (χ2v) is 5.34. The second kappa shape index (κ2) is 4.89. The molecule has 1 aromatic rings. The average Bonchev–Trinajstić information content (AvgIpc) is 2.85. The molecule has 1 atom stereocenters. The summed E-state index contributed by atoms with van der Waals surface area (Å²) in [6, 6.07) is 0. The highest BCUT2D eigenvalue weighted by atomic mass is 32.2. The van der Waals surface area contributed by atoms with Gasteiger partial charge in [0.05, 0.1) is 5.25 Å². The number of aromatic nitrogens is 2. The van der Waals surface area contributed by atoms with Crippen LogP contribution in [0, 0.1) is 0 Å². The largest absolute Gasteiger partial charge is 0.481 e. The van der Waals surface area contributed by atoms with Gasteiger partial charge in [0, 0.05) is 0 Å². The van der Waals surface area contributed by atoms with Crippen molar-refractivity contribution in [1.29, 1.82) is 0 Å². The number of rotatable bonds is 4. The predicted molar refractivity (Wildman–Crippen MR) is 57.1 cm³/mol. The normalized spacial score (nSPS) is 20.7. The SMILES string of the molecule is O=C(O)CSc1nc(C2CCCS2)no1. The van der Waals surface area contributed by atoms with Gasteiger partial charge in [-0.15, -0.1) is 0 Å². The van der Waals surface area contributed by atoms with Crippen molar-refractivity contribution in [2.75, 3.05) is 11.5 Å². The molecule has 0 spiro atoms. The molecule has 15 heavy (non-hydrogen) atoms. The number of hydrogen-bond donors (Lipinski definition) is 1. The summed E-state index contributed by atoms with van der Waals surface area (Å²) in [6.07, 6.45) is 2.26. The van der Waals surface area contributed by atoms with E-state index >= 15 is 0 Å². The first-order valence-electron chi connectivity index (χ1n) is 4.55. The monoisotopic (exact) mass is 246 g/mol. The maximum Gasteiger partial charge on any atom is 0.314 e. The summed E-state index contributed by atoms with van der Waals surface area (Å²) in [5, 5.41) is 13.0. The van der Waals surface area contributed by atoms with Gasteiger partial charge in [-0.1, -0.05) is 16.9 Å². The molecule has 0 radical (unpaired) electrons.